The largest absolute Gasteiger partial charge is 0.493 e. The summed E-state index contributed by atoms with van der Waals surface area (Å²) in [6.07, 6.45) is -0.295. The third kappa shape index (κ3) is 5.21. The van der Waals surface area contributed by atoms with Gasteiger partial charge in [0.25, 0.3) is 0 Å². The Morgan fingerprint density at radius 2 is 2.00 bits per heavy atom. The Labute approximate surface area is 209 Å². The first-order valence-electron chi connectivity index (χ1n) is 11.5. The highest BCUT2D eigenvalue weighted by Gasteiger charge is 2.32. The van der Waals surface area contributed by atoms with Gasteiger partial charge >= 0.3 is 6.18 Å². The van der Waals surface area contributed by atoms with Crippen molar-refractivity contribution in [3.63, 3.8) is 0 Å². The van der Waals surface area contributed by atoms with Crippen molar-refractivity contribution in [2.75, 3.05) is 25.9 Å². The third-order valence-electron chi connectivity index (χ3n) is 6.22. The van der Waals surface area contributed by atoms with E-state index in [4.69, 9.17) is 15.2 Å². The van der Waals surface area contributed by atoms with Crippen LogP contribution in [0.25, 0.3) is 21.5 Å². The standard InChI is InChI=1S/C25H24F3N5O2S/c1-33-10-3-4-16(33)9-11-34-20-12-15(25(26,27)28)7-8-17(20)18-13-22(31-14-30-18)35-19-5-2-6-21-23(19)32-24(29)36-21/h2,5-8,12-14,16H,3-4,9-11H2,1H3,(H2,29,32). The molecule has 3 heterocycles. The maximum absolute atomic E-state index is 13.4. The van der Waals surface area contributed by atoms with E-state index < -0.39 is 11.7 Å². The Balaban J connectivity index is 1.42. The first-order valence-corrected chi connectivity index (χ1v) is 12.3. The third-order valence-corrected chi connectivity index (χ3v) is 7.07. The minimum atomic E-state index is -4.49. The number of fused-ring (bicyclic) bond motifs is 1. The monoisotopic (exact) mass is 515 g/mol. The molecule has 1 aliphatic rings. The summed E-state index contributed by atoms with van der Waals surface area (Å²) in [7, 11) is 2.05. The number of thiazole rings is 1. The molecule has 1 aliphatic heterocycles. The van der Waals surface area contributed by atoms with Crippen LogP contribution < -0.4 is 15.2 Å². The number of benzene rings is 2. The minimum Gasteiger partial charge on any atom is -0.493 e. The quantitative estimate of drug-likeness (QED) is 0.323. The van der Waals surface area contributed by atoms with Crippen molar-refractivity contribution in [3.8, 4) is 28.6 Å². The van der Waals surface area contributed by atoms with Crippen molar-refractivity contribution in [2.45, 2.75) is 31.5 Å². The summed E-state index contributed by atoms with van der Waals surface area (Å²) < 4.78 is 53.0. The Kier molecular flexibility index (Phi) is 6.67. The molecule has 0 amide bonds. The molecule has 1 fully saturated rings. The molecule has 7 nitrogen and oxygen atoms in total. The molecule has 2 aromatic heterocycles. The number of rotatable bonds is 7. The predicted octanol–water partition coefficient (Wildman–Crippen LogP) is 6.01. The molecule has 1 atom stereocenters. The van der Waals surface area contributed by atoms with Crippen molar-refractivity contribution in [1.82, 2.24) is 19.9 Å². The van der Waals surface area contributed by atoms with E-state index in [0.717, 1.165) is 42.6 Å². The molecule has 2 N–H and O–H groups in total. The molecule has 0 aliphatic carbocycles. The fraction of sp³-hybridized carbons (Fsp3) is 0.320. The van der Waals surface area contributed by atoms with Crippen LogP contribution in [0.1, 0.15) is 24.8 Å². The molecular weight excluding hydrogens is 491 g/mol. The molecule has 11 heteroatoms. The van der Waals surface area contributed by atoms with Crippen molar-refractivity contribution in [2.24, 2.45) is 0 Å². The molecule has 36 heavy (non-hydrogen) atoms. The zero-order valence-corrected chi connectivity index (χ0v) is 20.3. The Morgan fingerprint density at radius 1 is 1.14 bits per heavy atom. The lowest BCUT2D eigenvalue weighted by Gasteiger charge is -2.20. The highest BCUT2D eigenvalue weighted by Crippen LogP contribution is 2.38. The number of hydrogen-bond acceptors (Lipinski definition) is 8. The number of para-hydroxylation sites is 1. The molecule has 5 rings (SSSR count). The molecule has 0 saturated carbocycles. The maximum Gasteiger partial charge on any atom is 0.416 e. The summed E-state index contributed by atoms with van der Waals surface area (Å²) in [6, 6.07) is 10.8. The number of nitrogen functional groups attached to an aromatic ring is 1. The van der Waals surface area contributed by atoms with Gasteiger partial charge in [-0.25, -0.2) is 15.0 Å². The number of hydrogen-bond donors (Lipinski definition) is 1. The van der Waals surface area contributed by atoms with Crippen LogP contribution in [-0.4, -0.2) is 46.1 Å². The molecule has 4 aromatic rings. The van der Waals surface area contributed by atoms with Crippen LogP contribution in [0.4, 0.5) is 18.3 Å². The van der Waals surface area contributed by atoms with E-state index >= 15 is 0 Å². The van der Waals surface area contributed by atoms with Crippen LogP contribution >= 0.6 is 11.3 Å². The number of anilines is 1. The Bertz CT molecular complexity index is 1380. The van der Waals surface area contributed by atoms with E-state index in [0.29, 0.717) is 40.3 Å². The molecule has 2 aromatic carbocycles. The second-order valence-corrected chi connectivity index (χ2v) is 9.68. The van der Waals surface area contributed by atoms with Crippen molar-refractivity contribution >= 4 is 26.7 Å². The summed E-state index contributed by atoms with van der Waals surface area (Å²) >= 11 is 1.34. The van der Waals surface area contributed by atoms with Crippen LogP contribution in [0.5, 0.6) is 17.4 Å². The minimum absolute atomic E-state index is 0.115. The topological polar surface area (TPSA) is 86.4 Å². The SMILES string of the molecule is CN1CCCC1CCOc1cc(C(F)(F)F)ccc1-c1cc(Oc2cccc3sc(N)nc23)ncn1. The van der Waals surface area contributed by atoms with E-state index in [2.05, 4.69) is 26.9 Å². The van der Waals surface area contributed by atoms with Gasteiger partial charge in [-0.1, -0.05) is 17.4 Å². The maximum atomic E-state index is 13.4. The fourth-order valence-electron chi connectivity index (χ4n) is 4.36. The lowest BCUT2D eigenvalue weighted by molar-refractivity contribution is -0.137. The van der Waals surface area contributed by atoms with Crippen LogP contribution in [0.2, 0.25) is 0 Å². The molecule has 1 unspecified atom stereocenters. The van der Waals surface area contributed by atoms with Crippen molar-refractivity contribution in [1.29, 1.82) is 0 Å². The molecule has 0 radical (unpaired) electrons. The van der Waals surface area contributed by atoms with E-state index in [1.807, 2.05) is 12.1 Å². The normalized spacial score (nSPS) is 16.5. The van der Waals surface area contributed by atoms with Gasteiger partial charge in [0, 0.05) is 17.7 Å². The van der Waals surface area contributed by atoms with E-state index in [1.54, 1.807) is 12.1 Å². The average Bonchev–Trinajstić information content (AvgIpc) is 3.43. The van der Waals surface area contributed by atoms with Crippen molar-refractivity contribution < 1.29 is 22.6 Å². The predicted molar refractivity (Wildman–Crippen MR) is 132 cm³/mol. The van der Waals surface area contributed by atoms with Crippen LogP contribution in [0.3, 0.4) is 0 Å². The number of halogens is 3. The second kappa shape index (κ2) is 9.90. The highest BCUT2D eigenvalue weighted by molar-refractivity contribution is 7.22. The summed E-state index contributed by atoms with van der Waals surface area (Å²) in [5.41, 5.74) is 6.46. The zero-order valence-electron chi connectivity index (χ0n) is 19.5. The van der Waals surface area contributed by atoms with E-state index in [1.165, 1.54) is 23.7 Å². The summed E-state index contributed by atoms with van der Waals surface area (Å²) in [6.45, 7) is 1.31. The van der Waals surface area contributed by atoms with Crippen LogP contribution in [0, 0.1) is 0 Å². The van der Waals surface area contributed by atoms with E-state index in [-0.39, 0.29) is 11.6 Å². The molecular formula is C25H24F3N5O2S. The number of ether oxygens (including phenoxy) is 2. The van der Waals surface area contributed by atoms with Crippen LogP contribution in [0.15, 0.2) is 48.8 Å². The van der Waals surface area contributed by atoms with Gasteiger partial charge in [-0.15, -0.1) is 0 Å². The second-order valence-electron chi connectivity index (χ2n) is 8.62. The summed E-state index contributed by atoms with van der Waals surface area (Å²) in [4.78, 5) is 15.0. The first-order chi connectivity index (χ1) is 17.3. The zero-order chi connectivity index (χ0) is 25.3. The Morgan fingerprint density at radius 3 is 2.78 bits per heavy atom. The van der Waals surface area contributed by atoms with Crippen molar-refractivity contribution in [3.05, 3.63) is 54.4 Å². The highest BCUT2D eigenvalue weighted by atomic mass is 32.1. The fourth-order valence-corrected chi connectivity index (χ4v) is 5.11. The Hall–Kier alpha value is -3.44. The van der Waals surface area contributed by atoms with Gasteiger partial charge in [-0.3, -0.25) is 0 Å². The summed E-state index contributed by atoms with van der Waals surface area (Å²) in [5, 5.41) is 0.416. The van der Waals surface area contributed by atoms with Gasteiger partial charge in [0.2, 0.25) is 5.88 Å². The smallest absolute Gasteiger partial charge is 0.416 e. The number of likely N-dealkylation sites (tertiary alicyclic amines) is 1. The lowest BCUT2D eigenvalue weighted by atomic mass is 10.1. The van der Waals surface area contributed by atoms with Gasteiger partial charge in [-0.05, 0) is 63.2 Å². The van der Waals surface area contributed by atoms with Gasteiger partial charge in [0.15, 0.2) is 10.9 Å². The van der Waals surface area contributed by atoms with Gasteiger partial charge < -0.3 is 20.1 Å². The van der Waals surface area contributed by atoms with Gasteiger partial charge in [-0.2, -0.15) is 13.2 Å². The lowest BCUT2D eigenvalue weighted by Crippen LogP contribution is -2.26. The van der Waals surface area contributed by atoms with Crippen LogP contribution in [-0.2, 0) is 6.18 Å². The number of nitrogens with zero attached hydrogens (tertiary/aromatic N) is 4. The molecule has 188 valence electrons. The number of aromatic nitrogens is 3. The molecule has 0 bridgehead atoms. The summed E-state index contributed by atoms with van der Waals surface area (Å²) in [5.74, 6) is 0.802. The number of nitrogens with two attached hydrogens (primary N) is 1. The molecule has 0 spiro atoms. The van der Waals surface area contributed by atoms with E-state index in [9.17, 15) is 13.2 Å². The van der Waals surface area contributed by atoms with Gasteiger partial charge in [0.05, 0.1) is 22.6 Å². The molecule has 1 saturated heterocycles. The van der Waals surface area contributed by atoms with Gasteiger partial charge in [0.1, 0.15) is 17.6 Å². The first kappa shape index (κ1) is 24.3. The number of alkyl halides is 3. The average molecular weight is 516 g/mol.